The van der Waals surface area contributed by atoms with Crippen molar-refractivity contribution in [2.24, 2.45) is 0 Å². The van der Waals surface area contributed by atoms with Crippen molar-refractivity contribution >= 4 is 59.8 Å². The topological polar surface area (TPSA) is 86.0 Å². The van der Waals surface area contributed by atoms with Crippen molar-refractivity contribution in [2.45, 2.75) is 0 Å². The molecular weight excluding hydrogens is 518 g/mol. The Morgan fingerprint density at radius 3 is 2.52 bits per heavy atom. The van der Waals surface area contributed by atoms with Gasteiger partial charge in [0, 0.05) is 32.0 Å². The second kappa shape index (κ2) is 8.48. The number of anilines is 3. The van der Waals surface area contributed by atoms with Gasteiger partial charge in [0.25, 0.3) is 0 Å². The number of ether oxygens (including phenoxy) is 1. The van der Waals surface area contributed by atoms with E-state index in [2.05, 4.69) is 52.4 Å². The molecule has 0 aliphatic rings. The Balaban J connectivity index is 1.78. The Morgan fingerprint density at radius 2 is 1.79 bits per heavy atom. The van der Waals surface area contributed by atoms with Gasteiger partial charge in [-0.1, -0.05) is 43.2 Å². The molecule has 146 valence electrons. The zero-order chi connectivity index (χ0) is 20.4. The maximum absolute atomic E-state index is 5.91. The maximum atomic E-state index is 5.91. The molecule has 2 aromatic carbocycles. The molecule has 2 aromatic heterocycles. The van der Waals surface area contributed by atoms with Crippen molar-refractivity contribution in [3.05, 3.63) is 63.7 Å². The molecule has 0 aliphatic carbocycles. The van der Waals surface area contributed by atoms with E-state index in [-0.39, 0.29) is 0 Å². The average molecular weight is 533 g/mol. The highest BCUT2D eigenvalue weighted by Gasteiger charge is 2.18. The van der Waals surface area contributed by atoms with Crippen molar-refractivity contribution in [3.63, 3.8) is 0 Å². The van der Waals surface area contributed by atoms with Crippen LogP contribution < -0.4 is 15.8 Å². The molecule has 6 nitrogen and oxygen atoms in total. The van der Waals surface area contributed by atoms with E-state index >= 15 is 0 Å². The molecule has 4 aromatic rings. The lowest BCUT2D eigenvalue weighted by molar-refractivity contribution is 0.416. The summed E-state index contributed by atoms with van der Waals surface area (Å²) in [5.74, 6) is 1.14. The molecule has 0 unspecified atom stereocenters. The predicted molar refractivity (Wildman–Crippen MR) is 125 cm³/mol. The number of nitrogens with zero attached hydrogens (tertiary/aromatic N) is 3. The predicted octanol–water partition coefficient (Wildman–Crippen LogP) is 6.13. The summed E-state index contributed by atoms with van der Waals surface area (Å²) >= 11 is 8.45. The molecule has 29 heavy (non-hydrogen) atoms. The van der Waals surface area contributed by atoms with Gasteiger partial charge in [-0.05, 0) is 54.1 Å². The highest BCUT2D eigenvalue weighted by molar-refractivity contribution is 9.10. The van der Waals surface area contributed by atoms with Crippen LogP contribution in [0.5, 0.6) is 5.75 Å². The minimum absolute atomic E-state index is 0.438. The molecule has 9 heteroatoms. The van der Waals surface area contributed by atoms with Crippen LogP contribution in [0.3, 0.4) is 0 Å². The molecule has 0 spiro atoms. The van der Waals surface area contributed by atoms with Gasteiger partial charge in [-0.15, -0.1) is 10.2 Å². The number of nitrogens with two attached hydrogens (primary N) is 1. The van der Waals surface area contributed by atoms with Gasteiger partial charge >= 0.3 is 0 Å². The normalized spacial score (nSPS) is 10.7. The Hall–Kier alpha value is -2.49. The third-order valence-corrected chi connectivity index (χ3v) is 5.97. The number of methoxy groups -OCH3 is 1. The van der Waals surface area contributed by atoms with Gasteiger partial charge in [-0.2, -0.15) is 0 Å². The second-order valence-electron chi connectivity index (χ2n) is 6.04. The molecule has 4 rings (SSSR count). The van der Waals surface area contributed by atoms with E-state index in [1.165, 1.54) is 11.3 Å². The SMILES string of the molecule is COc1cc(Br)cc(-c2nnc(Nc3ccc(Br)cc3)s2)c1-c1ccnc(N)c1. The van der Waals surface area contributed by atoms with Crippen LogP contribution in [0.15, 0.2) is 63.7 Å². The first-order valence-electron chi connectivity index (χ1n) is 8.49. The fourth-order valence-corrected chi connectivity index (χ4v) is 4.34. The number of hydrogen-bond acceptors (Lipinski definition) is 7. The summed E-state index contributed by atoms with van der Waals surface area (Å²) in [5.41, 5.74) is 9.52. The summed E-state index contributed by atoms with van der Waals surface area (Å²) in [4.78, 5) is 4.09. The minimum atomic E-state index is 0.438. The Labute approximate surface area is 188 Å². The van der Waals surface area contributed by atoms with Gasteiger partial charge in [-0.3, -0.25) is 0 Å². The van der Waals surface area contributed by atoms with Crippen molar-refractivity contribution in [2.75, 3.05) is 18.2 Å². The number of nitrogen functional groups attached to an aromatic ring is 1. The number of benzene rings is 2. The molecule has 0 aliphatic heterocycles. The molecule has 0 saturated heterocycles. The van der Waals surface area contributed by atoms with E-state index in [1.807, 2.05) is 48.5 Å². The molecule has 3 N–H and O–H groups in total. The highest BCUT2D eigenvalue weighted by atomic mass is 79.9. The first-order valence-corrected chi connectivity index (χ1v) is 10.9. The van der Waals surface area contributed by atoms with Crippen LogP contribution in [0.25, 0.3) is 21.7 Å². The molecule has 0 atom stereocenters. The first-order chi connectivity index (χ1) is 14.0. The molecule has 0 amide bonds. The summed E-state index contributed by atoms with van der Waals surface area (Å²) in [5, 5.41) is 13.4. The smallest absolute Gasteiger partial charge is 0.210 e. The fraction of sp³-hybridized carbons (Fsp3) is 0.0500. The van der Waals surface area contributed by atoms with E-state index in [0.717, 1.165) is 36.3 Å². The second-order valence-corrected chi connectivity index (χ2v) is 8.85. The van der Waals surface area contributed by atoms with Crippen LogP contribution in [-0.2, 0) is 0 Å². The standard InChI is InChI=1S/C20H15Br2N5OS/c1-28-16-10-13(22)9-15(18(16)11-6-7-24-17(23)8-11)19-26-27-20(29-19)25-14-4-2-12(21)3-5-14/h2-10H,1H3,(H2,23,24)(H,25,27). The van der Waals surface area contributed by atoms with Crippen LogP contribution in [-0.4, -0.2) is 22.3 Å². The molecule has 0 radical (unpaired) electrons. The van der Waals surface area contributed by atoms with E-state index in [1.54, 1.807) is 13.3 Å². The van der Waals surface area contributed by atoms with Crippen molar-refractivity contribution in [3.8, 4) is 27.4 Å². The van der Waals surface area contributed by atoms with Gasteiger partial charge in [0.05, 0.1) is 7.11 Å². The lowest BCUT2D eigenvalue weighted by Crippen LogP contribution is -1.95. The van der Waals surface area contributed by atoms with Gasteiger partial charge in [-0.25, -0.2) is 4.98 Å². The number of hydrogen-bond donors (Lipinski definition) is 2. The lowest BCUT2D eigenvalue weighted by Gasteiger charge is -2.14. The van der Waals surface area contributed by atoms with Gasteiger partial charge < -0.3 is 15.8 Å². The van der Waals surface area contributed by atoms with Crippen LogP contribution >= 0.6 is 43.2 Å². The van der Waals surface area contributed by atoms with Crippen molar-refractivity contribution in [1.29, 1.82) is 0 Å². The zero-order valence-electron chi connectivity index (χ0n) is 15.2. The summed E-state index contributed by atoms with van der Waals surface area (Å²) in [6, 6.07) is 15.5. The summed E-state index contributed by atoms with van der Waals surface area (Å²) in [6.45, 7) is 0. The number of pyridine rings is 1. The van der Waals surface area contributed by atoms with Gasteiger partial charge in [0.1, 0.15) is 16.6 Å². The van der Waals surface area contributed by atoms with Crippen LogP contribution in [0.2, 0.25) is 0 Å². The van der Waals surface area contributed by atoms with Crippen LogP contribution in [0.1, 0.15) is 0 Å². The third kappa shape index (κ3) is 4.42. The van der Waals surface area contributed by atoms with E-state index in [0.29, 0.717) is 16.7 Å². The first kappa shape index (κ1) is 19.8. The molecular formula is C20H15Br2N5OS. The van der Waals surface area contributed by atoms with E-state index < -0.39 is 0 Å². The molecule has 0 bridgehead atoms. The van der Waals surface area contributed by atoms with Crippen molar-refractivity contribution in [1.82, 2.24) is 15.2 Å². The van der Waals surface area contributed by atoms with Gasteiger partial charge in [0.15, 0.2) is 0 Å². The lowest BCUT2D eigenvalue weighted by atomic mass is 9.99. The number of rotatable bonds is 5. The van der Waals surface area contributed by atoms with Gasteiger partial charge in [0.2, 0.25) is 5.13 Å². The molecule has 0 fully saturated rings. The summed E-state index contributed by atoms with van der Waals surface area (Å²) in [6.07, 6.45) is 1.68. The Bertz CT molecular complexity index is 1160. The number of nitrogens with one attached hydrogen (secondary N) is 1. The summed E-state index contributed by atoms with van der Waals surface area (Å²) < 4.78 is 7.54. The minimum Gasteiger partial charge on any atom is -0.496 e. The number of aromatic nitrogens is 3. The molecule has 0 saturated carbocycles. The number of halogens is 2. The largest absolute Gasteiger partial charge is 0.496 e. The Kier molecular flexibility index (Phi) is 5.79. The zero-order valence-corrected chi connectivity index (χ0v) is 19.2. The Morgan fingerprint density at radius 1 is 1.00 bits per heavy atom. The molecule has 2 heterocycles. The van der Waals surface area contributed by atoms with Crippen LogP contribution in [0, 0.1) is 0 Å². The van der Waals surface area contributed by atoms with E-state index in [9.17, 15) is 0 Å². The van der Waals surface area contributed by atoms with E-state index in [4.69, 9.17) is 10.5 Å². The van der Waals surface area contributed by atoms with Crippen molar-refractivity contribution < 1.29 is 4.74 Å². The monoisotopic (exact) mass is 531 g/mol. The van der Waals surface area contributed by atoms with Crippen LogP contribution in [0.4, 0.5) is 16.6 Å². The quantitative estimate of drug-likeness (QED) is 0.321. The fourth-order valence-electron chi connectivity index (χ4n) is 2.85. The third-order valence-electron chi connectivity index (χ3n) is 4.11. The maximum Gasteiger partial charge on any atom is 0.210 e. The average Bonchev–Trinajstić information content (AvgIpc) is 3.17. The highest BCUT2D eigenvalue weighted by Crippen LogP contribution is 2.43. The summed E-state index contributed by atoms with van der Waals surface area (Å²) in [7, 11) is 1.64.